The number of hydrogen-bond donors (Lipinski definition) is 1. The molecule has 0 heterocycles. The summed E-state index contributed by atoms with van der Waals surface area (Å²) in [4.78, 5) is 0. The molecule has 1 aromatic carbocycles. The summed E-state index contributed by atoms with van der Waals surface area (Å²) >= 11 is 3.48. The monoisotopic (exact) mass is 329 g/mol. The normalized spacial score (nSPS) is 10.7. The van der Waals surface area contributed by atoms with Gasteiger partial charge in [0.1, 0.15) is 12.4 Å². The second-order valence-electron chi connectivity index (χ2n) is 4.41. The molecule has 1 N–H and O–H groups in total. The summed E-state index contributed by atoms with van der Waals surface area (Å²) in [6.45, 7) is 8.37. The van der Waals surface area contributed by atoms with Gasteiger partial charge in [-0.1, -0.05) is 15.9 Å². The van der Waals surface area contributed by atoms with Crippen LogP contribution in [0.3, 0.4) is 0 Å². The number of benzene rings is 1. The van der Waals surface area contributed by atoms with Gasteiger partial charge in [-0.2, -0.15) is 0 Å². The number of rotatable bonds is 10. The molecule has 0 spiro atoms. The average molecular weight is 330 g/mol. The summed E-state index contributed by atoms with van der Waals surface area (Å²) in [6.07, 6.45) is 2.27. The first kappa shape index (κ1) is 16.5. The fourth-order valence-electron chi connectivity index (χ4n) is 1.67. The van der Waals surface area contributed by atoms with Crippen molar-refractivity contribution in [2.45, 2.75) is 26.7 Å². The van der Waals surface area contributed by atoms with E-state index in [4.69, 9.17) is 9.47 Å². The number of nitrogens with one attached hydrogen (secondary N) is 1. The van der Waals surface area contributed by atoms with Crippen molar-refractivity contribution < 1.29 is 9.47 Å². The highest BCUT2D eigenvalue weighted by molar-refractivity contribution is 9.10. The summed E-state index contributed by atoms with van der Waals surface area (Å²) < 4.78 is 12.1. The van der Waals surface area contributed by atoms with Gasteiger partial charge in [0.15, 0.2) is 0 Å². The first-order chi connectivity index (χ1) is 9.24. The molecule has 0 atom stereocenters. The van der Waals surface area contributed by atoms with E-state index >= 15 is 0 Å². The molecule has 0 fully saturated rings. The molecule has 0 radical (unpaired) electrons. The van der Waals surface area contributed by atoms with Crippen LogP contribution in [0, 0.1) is 6.92 Å². The van der Waals surface area contributed by atoms with Gasteiger partial charge < -0.3 is 14.8 Å². The van der Waals surface area contributed by atoms with E-state index < -0.39 is 0 Å². The third kappa shape index (κ3) is 7.55. The van der Waals surface area contributed by atoms with Crippen molar-refractivity contribution in [2.24, 2.45) is 0 Å². The minimum atomic E-state index is 0.701. The summed E-state index contributed by atoms with van der Waals surface area (Å²) in [6, 6.07) is 6.05. The fourth-order valence-corrected chi connectivity index (χ4v) is 1.92. The Labute approximate surface area is 124 Å². The second-order valence-corrected chi connectivity index (χ2v) is 5.27. The smallest absolute Gasteiger partial charge is 0.119 e. The fraction of sp³-hybridized carbons (Fsp3) is 0.600. The predicted molar refractivity (Wildman–Crippen MR) is 83.0 cm³/mol. The van der Waals surface area contributed by atoms with Crippen molar-refractivity contribution in [3.8, 4) is 5.75 Å². The summed E-state index contributed by atoms with van der Waals surface area (Å²) in [7, 11) is 0. The van der Waals surface area contributed by atoms with Crippen molar-refractivity contribution in [1.29, 1.82) is 0 Å². The number of halogens is 1. The maximum absolute atomic E-state index is 5.68. The Kier molecular flexibility index (Phi) is 8.88. The van der Waals surface area contributed by atoms with Gasteiger partial charge in [-0.3, -0.25) is 0 Å². The lowest BCUT2D eigenvalue weighted by molar-refractivity contribution is 0.143. The third-order valence-corrected chi connectivity index (χ3v) is 3.66. The standard InChI is InChI=1S/C15H24BrNO2/c1-3-18-10-5-4-8-17-9-11-19-14-6-7-15(16)13(2)12-14/h6-7,12,17H,3-5,8-11H2,1-2H3. The van der Waals surface area contributed by atoms with E-state index in [1.54, 1.807) is 0 Å². The topological polar surface area (TPSA) is 30.5 Å². The predicted octanol–water partition coefficient (Wildman–Crippen LogP) is 3.54. The molecule has 0 aliphatic heterocycles. The van der Waals surface area contributed by atoms with E-state index in [0.29, 0.717) is 6.61 Å². The number of unbranched alkanes of at least 4 members (excludes halogenated alkanes) is 1. The molecule has 19 heavy (non-hydrogen) atoms. The van der Waals surface area contributed by atoms with Crippen LogP contribution in [0.2, 0.25) is 0 Å². The summed E-state index contributed by atoms with van der Waals surface area (Å²) in [5, 5.41) is 3.37. The molecule has 0 unspecified atom stereocenters. The van der Waals surface area contributed by atoms with Gasteiger partial charge in [0.05, 0.1) is 0 Å². The highest BCUT2D eigenvalue weighted by Gasteiger charge is 1.98. The zero-order chi connectivity index (χ0) is 13.9. The molecule has 4 heteroatoms. The second kappa shape index (κ2) is 10.2. The van der Waals surface area contributed by atoms with Crippen LogP contribution < -0.4 is 10.1 Å². The first-order valence-electron chi connectivity index (χ1n) is 6.91. The van der Waals surface area contributed by atoms with Crippen LogP contribution in [-0.2, 0) is 4.74 Å². The molecular formula is C15H24BrNO2. The van der Waals surface area contributed by atoms with Gasteiger partial charge in [0.2, 0.25) is 0 Å². The molecule has 3 nitrogen and oxygen atoms in total. The minimum Gasteiger partial charge on any atom is -0.492 e. The Hall–Kier alpha value is -0.580. The van der Waals surface area contributed by atoms with Crippen molar-refractivity contribution in [3.63, 3.8) is 0 Å². The van der Waals surface area contributed by atoms with Crippen molar-refractivity contribution in [3.05, 3.63) is 28.2 Å². The molecule has 0 aromatic heterocycles. The van der Waals surface area contributed by atoms with Gasteiger partial charge in [-0.15, -0.1) is 0 Å². The first-order valence-corrected chi connectivity index (χ1v) is 7.70. The summed E-state index contributed by atoms with van der Waals surface area (Å²) in [5.74, 6) is 0.929. The largest absolute Gasteiger partial charge is 0.492 e. The molecule has 0 aliphatic carbocycles. The van der Waals surface area contributed by atoms with Crippen LogP contribution >= 0.6 is 15.9 Å². The number of aryl methyl sites for hydroxylation is 1. The van der Waals surface area contributed by atoms with Crippen LogP contribution in [0.4, 0.5) is 0 Å². The van der Waals surface area contributed by atoms with E-state index in [1.807, 2.05) is 25.1 Å². The Balaban J connectivity index is 2.00. The Morgan fingerprint density at radius 2 is 2.00 bits per heavy atom. The summed E-state index contributed by atoms with van der Waals surface area (Å²) in [5.41, 5.74) is 1.20. The Morgan fingerprint density at radius 1 is 1.16 bits per heavy atom. The van der Waals surface area contributed by atoms with Crippen molar-refractivity contribution in [2.75, 3.05) is 32.9 Å². The number of hydrogen-bond acceptors (Lipinski definition) is 3. The molecule has 108 valence electrons. The Morgan fingerprint density at radius 3 is 2.74 bits per heavy atom. The molecule has 0 saturated heterocycles. The van der Waals surface area contributed by atoms with Gasteiger partial charge in [-0.25, -0.2) is 0 Å². The average Bonchev–Trinajstić information content (AvgIpc) is 2.41. The zero-order valence-corrected chi connectivity index (χ0v) is 13.5. The van der Waals surface area contributed by atoms with Crippen LogP contribution in [0.1, 0.15) is 25.3 Å². The van der Waals surface area contributed by atoms with Crippen molar-refractivity contribution in [1.82, 2.24) is 5.32 Å². The molecule has 0 saturated carbocycles. The lowest BCUT2D eigenvalue weighted by Gasteiger charge is -2.09. The van der Waals surface area contributed by atoms with Crippen LogP contribution in [0.25, 0.3) is 0 Å². The maximum Gasteiger partial charge on any atom is 0.119 e. The molecular weight excluding hydrogens is 306 g/mol. The molecule has 0 amide bonds. The van der Waals surface area contributed by atoms with E-state index in [-0.39, 0.29) is 0 Å². The highest BCUT2D eigenvalue weighted by atomic mass is 79.9. The third-order valence-electron chi connectivity index (χ3n) is 2.77. The van der Waals surface area contributed by atoms with Crippen LogP contribution in [0.15, 0.2) is 22.7 Å². The van der Waals surface area contributed by atoms with Gasteiger partial charge in [-0.05, 0) is 57.0 Å². The maximum atomic E-state index is 5.68. The van der Waals surface area contributed by atoms with Gasteiger partial charge in [0.25, 0.3) is 0 Å². The minimum absolute atomic E-state index is 0.701. The van der Waals surface area contributed by atoms with E-state index in [0.717, 1.165) is 49.4 Å². The molecule has 0 bridgehead atoms. The molecule has 0 aliphatic rings. The lowest BCUT2D eigenvalue weighted by atomic mass is 10.2. The van der Waals surface area contributed by atoms with Crippen molar-refractivity contribution >= 4 is 15.9 Å². The molecule has 1 rings (SSSR count). The van der Waals surface area contributed by atoms with E-state index in [2.05, 4.69) is 28.2 Å². The van der Waals surface area contributed by atoms with Crippen LogP contribution in [-0.4, -0.2) is 32.9 Å². The van der Waals surface area contributed by atoms with Crippen LogP contribution in [0.5, 0.6) is 5.75 Å². The highest BCUT2D eigenvalue weighted by Crippen LogP contribution is 2.21. The zero-order valence-electron chi connectivity index (χ0n) is 11.9. The Bertz CT molecular complexity index is 358. The van der Waals surface area contributed by atoms with E-state index in [9.17, 15) is 0 Å². The molecule has 1 aromatic rings. The number of ether oxygens (including phenoxy) is 2. The SMILES string of the molecule is CCOCCCCNCCOc1ccc(Br)c(C)c1. The quantitative estimate of drug-likeness (QED) is 0.666. The van der Waals surface area contributed by atoms with E-state index in [1.165, 1.54) is 5.56 Å². The van der Waals surface area contributed by atoms with Gasteiger partial charge >= 0.3 is 0 Å². The lowest BCUT2D eigenvalue weighted by Crippen LogP contribution is -2.22. The van der Waals surface area contributed by atoms with Gasteiger partial charge in [0, 0.05) is 24.2 Å².